The van der Waals surface area contributed by atoms with Gasteiger partial charge in [-0.15, -0.1) is 0 Å². The van der Waals surface area contributed by atoms with Gasteiger partial charge in [0.05, 0.1) is 17.1 Å². The molecule has 23 heavy (non-hydrogen) atoms. The third kappa shape index (κ3) is 4.33. The molecule has 0 saturated heterocycles. The van der Waals surface area contributed by atoms with E-state index >= 15 is 0 Å². The summed E-state index contributed by atoms with van der Waals surface area (Å²) in [6, 6.07) is 14.4. The maximum absolute atomic E-state index is 12.3. The SMILES string of the molecule is CCc1ccccc1NC(=O)CN(C)C(=O)c1ccccc1Cl. The van der Waals surface area contributed by atoms with E-state index < -0.39 is 0 Å². The van der Waals surface area contributed by atoms with E-state index in [9.17, 15) is 9.59 Å². The molecule has 5 heteroatoms. The maximum atomic E-state index is 12.3. The number of nitrogens with one attached hydrogen (secondary N) is 1. The van der Waals surface area contributed by atoms with Gasteiger partial charge in [-0.25, -0.2) is 0 Å². The second-order valence-corrected chi connectivity index (χ2v) is 5.61. The molecule has 0 unspecified atom stereocenters. The second kappa shape index (κ2) is 7.79. The van der Waals surface area contributed by atoms with Gasteiger partial charge in [0.25, 0.3) is 5.91 Å². The Morgan fingerprint density at radius 1 is 1.09 bits per heavy atom. The van der Waals surface area contributed by atoms with E-state index in [1.807, 2.05) is 31.2 Å². The Kier molecular flexibility index (Phi) is 5.77. The molecule has 120 valence electrons. The Labute approximate surface area is 141 Å². The van der Waals surface area contributed by atoms with Gasteiger partial charge in [0.1, 0.15) is 0 Å². The summed E-state index contributed by atoms with van der Waals surface area (Å²) in [7, 11) is 1.58. The molecule has 0 atom stereocenters. The fourth-order valence-corrected chi connectivity index (χ4v) is 2.48. The van der Waals surface area contributed by atoms with Crippen LogP contribution in [0.2, 0.25) is 5.02 Å². The van der Waals surface area contributed by atoms with Crippen molar-refractivity contribution < 1.29 is 9.59 Å². The topological polar surface area (TPSA) is 49.4 Å². The van der Waals surface area contributed by atoms with Gasteiger partial charge in [0.15, 0.2) is 0 Å². The minimum absolute atomic E-state index is 0.0396. The Balaban J connectivity index is 2.02. The summed E-state index contributed by atoms with van der Waals surface area (Å²) in [6.45, 7) is 1.99. The summed E-state index contributed by atoms with van der Waals surface area (Å²) in [5.74, 6) is -0.525. The van der Waals surface area contributed by atoms with Crippen LogP contribution in [0.5, 0.6) is 0 Å². The van der Waals surface area contributed by atoms with E-state index in [1.165, 1.54) is 4.90 Å². The average molecular weight is 331 g/mol. The Morgan fingerprint density at radius 3 is 2.43 bits per heavy atom. The maximum Gasteiger partial charge on any atom is 0.255 e. The van der Waals surface area contributed by atoms with E-state index in [-0.39, 0.29) is 18.4 Å². The summed E-state index contributed by atoms with van der Waals surface area (Å²) >= 11 is 6.02. The summed E-state index contributed by atoms with van der Waals surface area (Å²) in [5.41, 5.74) is 2.22. The second-order valence-electron chi connectivity index (χ2n) is 5.20. The number of halogens is 1. The molecule has 0 aliphatic carbocycles. The minimum Gasteiger partial charge on any atom is -0.332 e. The van der Waals surface area contributed by atoms with E-state index in [0.29, 0.717) is 10.6 Å². The van der Waals surface area contributed by atoms with Crippen LogP contribution in [0, 0.1) is 0 Å². The molecule has 0 bridgehead atoms. The third-order valence-electron chi connectivity index (χ3n) is 3.50. The highest BCUT2D eigenvalue weighted by Gasteiger charge is 2.17. The van der Waals surface area contributed by atoms with Crippen molar-refractivity contribution in [2.24, 2.45) is 0 Å². The third-order valence-corrected chi connectivity index (χ3v) is 3.83. The molecule has 2 aromatic rings. The lowest BCUT2D eigenvalue weighted by atomic mass is 10.1. The quantitative estimate of drug-likeness (QED) is 0.910. The van der Waals surface area contributed by atoms with Crippen molar-refractivity contribution in [1.29, 1.82) is 0 Å². The van der Waals surface area contributed by atoms with Crippen LogP contribution in [0.1, 0.15) is 22.8 Å². The highest BCUT2D eigenvalue weighted by molar-refractivity contribution is 6.33. The number of rotatable bonds is 5. The predicted octanol–water partition coefficient (Wildman–Crippen LogP) is 3.61. The molecular weight excluding hydrogens is 312 g/mol. The lowest BCUT2D eigenvalue weighted by molar-refractivity contribution is -0.116. The first kappa shape index (κ1) is 17.0. The van der Waals surface area contributed by atoms with Crippen LogP contribution in [-0.2, 0) is 11.2 Å². The van der Waals surface area contributed by atoms with Gasteiger partial charge in [0.2, 0.25) is 5.91 Å². The van der Waals surface area contributed by atoms with Crippen LogP contribution in [0.3, 0.4) is 0 Å². The summed E-state index contributed by atoms with van der Waals surface area (Å²) in [5, 5.41) is 3.22. The Morgan fingerprint density at radius 2 is 1.74 bits per heavy atom. The first-order valence-corrected chi connectivity index (χ1v) is 7.78. The Hall–Kier alpha value is -2.33. The monoisotopic (exact) mass is 330 g/mol. The fourth-order valence-electron chi connectivity index (χ4n) is 2.27. The number of benzene rings is 2. The summed E-state index contributed by atoms with van der Waals surface area (Å²) in [6.07, 6.45) is 0.824. The predicted molar refractivity (Wildman–Crippen MR) is 92.9 cm³/mol. The number of likely N-dealkylation sites (N-methyl/N-ethyl adjacent to an activating group) is 1. The molecule has 0 spiro atoms. The molecule has 4 nitrogen and oxygen atoms in total. The van der Waals surface area contributed by atoms with Crippen LogP contribution in [0.25, 0.3) is 0 Å². The highest BCUT2D eigenvalue weighted by atomic mass is 35.5. The summed E-state index contributed by atoms with van der Waals surface area (Å²) < 4.78 is 0. The lowest BCUT2D eigenvalue weighted by Gasteiger charge is -2.18. The number of hydrogen-bond donors (Lipinski definition) is 1. The first-order valence-electron chi connectivity index (χ1n) is 7.40. The molecule has 1 N–H and O–H groups in total. The molecule has 2 rings (SSSR count). The van der Waals surface area contributed by atoms with Crippen LogP contribution < -0.4 is 5.32 Å². The zero-order valence-electron chi connectivity index (χ0n) is 13.2. The zero-order valence-corrected chi connectivity index (χ0v) is 13.9. The first-order chi connectivity index (χ1) is 11.0. The van der Waals surface area contributed by atoms with E-state index in [4.69, 9.17) is 11.6 Å². The van der Waals surface area contributed by atoms with Gasteiger partial charge in [-0.05, 0) is 30.2 Å². The zero-order chi connectivity index (χ0) is 16.8. The van der Waals surface area contributed by atoms with Gasteiger partial charge in [0, 0.05) is 12.7 Å². The minimum atomic E-state index is -0.283. The van der Waals surface area contributed by atoms with Crippen LogP contribution in [-0.4, -0.2) is 30.3 Å². The number of hydrogen-bond acceptors (Lipinski definition) is 2. The highest BCUT2D eigenvalue weighted by Crippen LogP contribution is 2.17. The fraction of sp³-hybridized carbons (Fsp3) is 0.222. The normalized spacial score (nSPS) is 10.2. The van der Waals surface area contributed by atoms with Crippen molar-refractivity contribution in [2.45, 2.75) is 13.3 Å². The molecule has 0 fully saturated rings. The van der Waals surface area contributed by atoms with Gasteiger partial charge in [-0.1, -0.05) is 48.9 Å². The van der Waals surface area contributed by atoms with E-state index in [1.54, 1.807) is 31.3 Å². The number of carbonyl (C=O) groups is 2. The average Bonchev–Trinajstić information content (AvgIpc) is 2.55. The number of anilines is 1. The molecule has 0 heterocycles. The summed E-state index contributed by atoms with van der Waals surface area (Å²) in [4.78, 5) is 25.9. The molecule has 2 aromatic carbocycles. The van der Waals surface area contributed by atoms with Gasteiger partial charge >= 0.3 is 0 Å². The van der Waals surface area contributed by atoms with Crippen molar-refractivity contribution in [3.63, 3.8) is 0 Å². The van der Waals surface area contributed by atoms with Crippen molar-refractivity contribution in [3.05, 3.63) is 64.7 Å². The number of para-hydroxylation sites is 1. The van der Waals surface area contributed by atoms with Crippen LogP contribution >= 0.6 is 11.6 Å². The van der Waals surface area contributed by atoms with E-state index in [0.717, 1.165) is 17.7 Å². The molecule has 0 aromatic heterocycles. The Bertz CT molecular complexity index is 716. The standard InChI is InChI=1S/C18H19ClN2O2/c1-3-13-8-4-7-11-16(13)20-17(22)12-21(2)18(23)14-9-5-6-10-15(14)19/h4-11H,3,12H2,1-2H3,(H,20,22). The molecule has 0 saturated carbocycles. The number of aryl methyl sites for hydroxylation is 1. The molecule has 0 radical (unpaired) electrons. The molecular formula is C18H19ClN2O2. The van der Waals surface area contributed by atoms with Crippen LogP contribution in [0.4, 0.5) is 5.69 Å². The number of carbonyl (C=O) groups excluding carboxylic acids is 2. The van der Waals surface area contributed by atoms with Gasteiger partial charge in [-0.3, -0.25) is 9.59 Å². The lowest BCUT2D eigenvalue weighted by Crippen LogP contribution is -2.35. The number of amides is 2. The van der Waals surface area contributed by atoms with Gasteiger partial charge in [-0.2, -0.15) is 0 Å². The van der Waals surface area contributed by atoms with E-state index in [2.05, 4.69) is 5.32 Å². The molecule has 0 aliphatic heterocycles. The molecule has 2 amide bonds. The largest absolute Gasteiger partial charge is 0.332 e. The number of nitrogens with zero attached hydrogens (tertiary/aromatic N) is 1. The van der Waals surface area contributed by atoms with Crippen LogP contribution in [0.15, 0.2) is 48.5 Å². The van der Waals surface area contributed by atoms with Crippen molar-refractivity contribution in [1.82, 2.24) is 4.90 Å². The van der Waals surface area contributed by atoms with Crippen molar-refractivity contribution >= 4 is 29.1 Å². The van der Waals surface area contributed by atoms with Gasteiger partial charge < -0.3 is 10.2 Å². The molecule has 0 aliphatic rings. The smallest absolute Gasteiger partial charge is 0.255 e. The van der Waals surface area contributed by atoms with Crippen molar-refractivity contribution in [3.8, 4) is 0 Å². The van der Waals surface area contributed by atoms with Crippen molar-refractivity contribution in [2.75, 3.05) is 18.9 Å².